The minimum absolute atomic E-state index is 0.0502. The first-order valence-corrected chi connectivity index (χ1v) is 9.60. The number of benzene rings is 2. The molecule has 0 saturated carbocycles. The average molecular weight is 462 g/mol. The molecule has 170 valence electrons. The van der Waals surface area contributed by atoms with E-state index in [1.54, 1.807) is 6.07 Å². The van der Waals surface area contributed by atoms with E-state index in [4.69, 9.17) is 0 Å². The molecule has 0 atom stereocenters. The predicted octanol–water partition coefficient (Wildman–Crippen LogP) is 5.18. The maximum Gasteiger partial charge on any atom is 0.417 e. The van der Waals surface area contributed by atoms with Gasteiger partial charge in [0, 0.05) is 29.4 Å². The molecule has 1 aliphatic rings. The molecule has 4 rings (SSSR count). The zero-order chi connectivity index (χ0) is 23.8. The number of hydrogen-bond acceptors (Lipinski definition) is 4. The van der Waals surface area contributed by atoms with Gasteiger partial charge in [-0.1, -0.05) is 6.07 Å². The normalized spacial score (nSPS) is 13.1. The monoisotopic (exact) mass is 462 g/mol. The van der Waals surface area contributed by atoms with Gasteiger partial charge in [-0.25, -0.2) is 18.6 Å². The number of Topliss-reactive ketones (excluding diaryl/α,β-unsaturated/α-hetero) is 1. The molecule has 2 amide bonds. The van der Waals surface area contributed by atoms with Crippen LogP contribution in [0.5, 0.6) is 0 Å². The van der Waals surface area contributed by atoms with Gasteiger partial charge in [-0.05, 0) is 42.0 Å². The Kier molecular flexibility index (Phi) is 5.71. The highest BCUT2D eigenvalue weighted by Crippen LogP contribution is 2.33. The standard InChI is InChI=1S/C22H15F5N4O2/c23-12-2-3-13(15(9-12)22(25,26)27)19(32)8-11-1-4-18(16(24)7-11)30-17-5-6-28-20-14(17)10-29-21(33)31-20/h1-7,9H,8,10H2,(H3,28,29,30,31,33). The quantitative estimate of drug-likeness (QED) is 0.360. The Bertz CT molecular complexity index is 1260. The zero-order valence-corrected chi connectivity index (χ0v) is 16.7. The van der Waals surface area contributed by atoms with Crippen molar-refractivity contribution in [2.75, 3.05) is 10.6 Å². The lowest BCUT2D eigenvalue weighted by Crippen LogP contribution is -2.34. The Balaban J connectivity index is 1.55. The van der Waals surface area contributed by atoms with Crippen LogP contribution in [0.3, 0.4) is 0 Å². The molecular weight excluding hydrogens is 447 g/mol. The number of nitrogens with one attached hydrogen (secondary N) is 3. The molecule has 11 heteroatoms. The number of halogens is 5. The molecule has 2 heterocycles. The number of carbonyl (C=O) groups excluding carboxylic acids is 2. The number of urea groups is 1. The van der Waals surface area contributed by atoms with Gasteiger partial charge in [-0.15, -0.1) is 0 Å². The third-order valence-corrected chi connectivity index (χ3v) is 4.97. The van der Waals surface area contributed by atoms with Crippen molar-refractivity contribution in [2.45, 2.75) is 19.1 Å². The van der Waals surface area contributed by atoms with E-state index in [2.05, 4.69) is 20.9 Å². The largest absolute Gasteiger partial charge is 0.417 e. The van der Waals surface area contributed by atoms with Gasteiger partial charge >= 0.3 is 12.2 Å². The van der Waals surface area contributed by atoms with E-state index in [1.165, 1.54) is 18.3 Å². The second kappa shape index (κ2) is 8.49. The predicted molar refractivity (Wildman–Crippen MR) is 109 cm³/mol. The molecule has 3 aromatic rings. The van der Waals surface area contributed by atoms with Crippen LogP contribution < -0.4 is 16.0 Å². The number of anilines is 3. The van der Waals surface area contributed by atoms with Gasteiger partial charge in [0.1, 0.15) is 17.5 Å². The number of alkyl halides is 3. The van der Waals surface area contributed by atoms with Crippen molar-refractivity contribution in [3.63, 3.8) is 0 Å². The molecule has 6 nitrogen and oxygen atoms in total. The van der Waals surface area contributed by atoms with Crippen molar-refractivity contribution in [3.05, 3.63) is 82.5 Å². The molecule has 1 aromatic heterocycles. The number of aromatic nitrogens is 1. The first-order valence-electron chi connectivity index (χ1n) is 9.60. The minimum Gasteiger partial charge on any atom is -0.353 e. The van der Waals surface area contributed by atoms with Crippen LogP contribution in [0.25, 0.3) is 0 Å². The van der Waals surface area contributed by atoms with Gasteiger partial charge in [-0.2, -0.15) is 13.2 Å². The molecule has 2 aromatic carbocycles. The van der Waals surface area contributed by atoms with Gasteiger partial charge in [0.05, 0.1) is 17.8 Å². The first kappa shape index (κ1) is 22.2. The van der Waals surface area contributed by atoms with E-state index in [9.17, 15) is 31.5 Å². The van der Waals surface area contributed by atoms with Crippen LogP contribution >= 0.6 is 0 Å². The van der Waals surface area contributed by atoms with Gasteiger partial charge in [-0.3, -0.25) is 10.1 Å². The summed E-state index contributed by atoms with van der Waals surface area (Å²) >= 11 is 0. The maximum atomic E-state index is 14.7. The van der Waals surface area contributed by atoms with Crippen LogP contribution in [-0.2, 0) is 19.1 Å². The summed E-state index contributed by atoms with van der Waals surface area (Å²) < 4.78 is 67.5. The number of rotatable bonds is 5. The van der Waals surface area contributed by atoms with Crippen molar-refractivity contribution in [1.82, 2.24) is 10.3 Å². The fraction of sp³-hybridized carbons (Fsp3) is 0.136. The summed E-state index contributed by atoms with van der Waals surface area (Å²) in [6.07, 6.45) is -3.99. The summed E-state index contributed by atoms with van der Waals surface area (Å²) in [5.41, 5.74) is -0.789. The first-order chi connectivity index (χ1) is 15.6. The lowest BCUT2D eigenvalue weighted by atomic mass is 9.97. The number of amides is 2. The van der Waals surface area contributed by atoms with Crippen LogP contribution in [0.4, 0.5) is 43.9 Å². The molecular formula is C22H15F5N4O2. The second-order valence-corrected chi connectivity index (χ2v) is 7.22. The Hall–Kier alpha value is -4.02. The average Bonchev–Trinajstić information content (AvgIpc) is 2.74. The molecule has 0 spiro atoms. The molecule has 3 N–H and O–H groups in total. The Morgan fingerprint density at radius 2 is 1.85 bits per heavy atom. The highest BCUT2D eigenvalue weighted by molar-refractivity contribution is 5.99. The lowest BCUT2D eigenvalue weighted by Gasteiger charge is -2.21. The van der Waals surface area contributed by atoms with Crippen LogP contribution in [0.1, 0.15) is 27.0 Å². The Morgan fingerprint density at radius 3 is 2.58 bits per heavy atom. The molecule has 0 unspecified atom stereocenters. The van der Waals surface area contributed by atoms with Gasteiger partial charge < -0.3 is 10.6 Å². The molecule has 0 fully saturated rings. The van der Waals surface area contributed by atoms with E-state index >= 15 is 0 Å². The van der Waals surface area contributed by atoms with Crippen LogP contribution in [0.15, 0.2) is 48.7 Å². The maximum absolute atomic E-state index is 14.7. The van der Waals surface area contributed by atoms with Crippen LogP contribution in [0.2, 0.25) is 0 Å². The minimum atomic E-state index is -4.91. The number of ketones is 1. The summed E-state index contributed by atoms with van der Waals surface area (Å²) in [6.45, 7) is 0.171. The number of fused-ring (bicyclic) bond motifs is 1. The number of nitrogens with zero attached hydrogens (tertiary/aromatic N) is 1. The van der Waals surface area contributed by atoms with Gasteiger partial charge in [0.25, 0.3) is 0 Å². The molecule has 1 aliphatic heterocycles. The van der Waals surface area contributed by atoms with E-state index in [-0.39, 0.29) is 23.9 Å². The van der Waals surface area contributed by atoms with Crippen LogP contribution in [-0.4, -0.2) is 16.8 Å². The van der Waals surface area contributed by atoms with Gasteiger partial charge in [0.2, 0.25) is 0 Å². The van der Waals surface area contributed by atoms with Crippen molar-refractivity contribution < 1.29 is 31.5 Å². The summed E-state index contributed by atoms with van der Waals surface area (Å²) in [5.74, 6) is -2.46. The summed E-state index contributed by atoms with van der Waals surface area (Å²) in [5, 5.41) is 7.99. The number of pyridine rings is 1. The zero-order valence-electron chi connectivity index (χ0n) is 16.7. The SMILES string of the molecule is O=C1NCc2c(Nc3ccc(CC(=O)c4ccc(F)cc4C(F)(F)F)cc3F)ccnc2N1. The fourth-order valence-corrected chi connectivity index (χ4v) is 3.41. The third-order valence-electron chi connectivity index (χ3n) is 4.97. The third kappa shape index (κ3) is 4.76. The van der Waals surface area contributed by atoms with Crippen molar-refractivity contribution >= 4 is 29.0 Å². The summed E-state index contributed by atoms with van der Waals surface area (Å²) in [7, 11) is 0. The molecule has 33 heavy (non-hydrogen) atoms. The molecule has 0 aliphatic carbocycles. The summed E-state index contributed by atoms with van der Waals surface area (Å²) in [6, 6.07) is 6.74. The second-order valence-electron chi connectivity index (χ2n) is 7.22. The van der Waals surface area contributed by atoms with E-state index in [0.29, 0.717) is 17.1 Å². The van der Waals surface area contributed by atoms with Gasteiger partial charge in [0.15, 0.2) is 5.78 Å². The van der Waals surface area contributed by atoms with Crippen molar-refractivity contribution in [3.8, 4) is 0 Å². The van der Waals surface area contributed by atoms with E-state index < -0.39 is 47.2 Å². The molecule has 0 saturated heterocycles. The molecule has 0 bridgehead atoms. The number of carbonyl (C=O) groups is 2. The topological polar surface area (TPSA) is 83.1 Å². The van der Waals surface area contributed by atoms with Crippen molar-refractivity contribution in [2.24, 2.45) is 0 Å². The molecule has 0 radical (unpaired) electrons. The smallest absolute Gasteiger partial charge is 0.353 e. The van der Waals surface area contributed by atoms with Crippen LogP contribution in [0, 0.1) is 11.6 Å². The Morgan fingerprint density at radius 1 is 1.06 bits per heavy atom. The highest BCUT2D eigenvalue weighted by Gasteiger charge is 2.35. The highest BCUT2D eigenvalue weighted by atomic mass is 19.4. The number of hydrogen-bond donors (Lipinski definition) is 3. The van der Waals surface area contributed by atoms with Crippen molar-refractivity contribution in [1.29, 1.82) is 0 Å². The fourth-order valence-electron chi connectivity index (χ4n) is 3.41. The Labute approximate surface area is 183 Å². The van der Waals surface area contributed by atoms with E-state index in [1.807, 2.05) is 0 Å². The lowest BCUT2D eigenvalue weighted by molar-refractivity contribution is -0.138. The summed E-state index contributed by atoms with van der Waals surface area (Å²) in [4.78, 5) is 27.9. The van der Waals surface area contributed by atoms with E-state index in [0.717, 1.165) is 18.2 Å².